The molecule has 0 spiro atoms. The molecule has 0 bridgehead atoms. The van der Waals surface area contributed by atoms with E-state index in [0.717, 1.165) is 17.0 Å². The van der Waals surface area contributed by atoms with E-state index < -0.39 is 0 Å². The zero-order valence-electron chi connectivity index (χ0n) is 7.81. The molecule has 0 aliphatic carbocycles. The average molecular weight is 245 g/mol. The van der Waals surface area contributed by atoms with Gasteiger partial charge < -0.3 is 0 Å². The quantitative estimate of drug-likeness (QED) is 0.663. The summed E-state index contributed by atoms with van der Waals surface area (Å²) < 4.78 is 1.18. The van der Waals surface area contributed by atoms with Gasteiger partial charge in [0.15, 0.2) is 0 Å². The minimum absolute atomic E-state index is 0.536. The second-order valence-electron chi connectivity index (χ2n) is 3.15. The minimum Gasteiger partial charge on any atom is -0.142 e. The standard InChI is InChI=1S/C11H10Cl2S/c1-2-9-8(6-12)5-7-3-4-14-11(7)10(9)13/h3-5H,2,6H2,1H3. The van der Waals surface area contributed by atoms with Crippen molar-refractivity contribution in [1.29, 1.82) is 0 Å². The predicted octanol–water partition coefficient (Wildman–Crippen LogP) is 4.86. The summed E-state index contributed by atoms with van der Waals surface area (Å²) in [6, 6.07) is 4.23. The Hall–Kier alpha value is -0.240. The highest BCUT2D eigenvalue weighted by Crippen LogP contribution is 2.34. The maximum absolute atomic E-state index is 6.32. The Labute approximate surface area is 97.5 Å². The largest absolute Gasteiger partial charge is 0.142 e. The summed E-state index contributed by atoms with van der Waals surface area (Å²) in [6.07, 6.45) is 0.939. The van der Waals surface area contributed by atoms with Crippen molar-refractivity contribution < 1.29 is 0 Å². The molecule has 1 aromatic carbocycles. The molecule has 0 N–H and O–H groups in total. The first kappa shape index (κ1) is 10.3. The second kappa shape index (κ2) is 4.09. The van der Waals surface area contributed by atoms with Gasteiger partial charge in [-0.3, -0.25) is 0 Å². The van der Waals surface area contributed by atoms with Gasteiger partial charge in [-0.15, -0.1) is 22.9 Å². The lowest BCUT2D eigenvalue weighted by atomic mass is 10.0. The van der Waals surface area contributed by atoms with E-state index in [9.17, 15) is 0 Å². The molecule has 0 saturated carbocycles. The van der Waals surface area contributed by atoms with Crippen LogP contribution in [0, 0.1) is 0 Å². The van der Waals surface area contributed by atoms with Crippen LogP contribution < -0.4 is 0 Å². The van der Waals surface area contributed by atoms with E-state index in [-0.39, 0.29) is 0 Å². The number of fused-ring (bicyclic) bond motifs is 1. The summed E-state index contributed by atoms with van der Waals surface area (Å²) in [7, 11) is 0. The maximum atomic E-state index is 6.32. The number of halogens is 2. The van der Waals surface area contributed by atoms with Crippen LogP contribution in [0.2, 0.25) is 5.02 Å². The van der Waals surface area contributed by atoms with Crippen LogP contribution in [0.5, 0.6) is 0 Å². The molecule has 14 heavy (non-hydrogen) atoms. The molecule has 3 heteroatoms. The van der Waals surface area contributed by atoms with Crippen molar-refractivity contribution in [2.24, 2.45) is 0 Å². The molecule has 0 fully saturated rings. The van der Waals surface area contributed by atoms with Crippen LogP contribution in [0.3, 0.4) is 0 Å². The minimum atomic E-state index is 0.536. The molecule has 0 aliphatic rings. The molecule has 1 aromatic heterocycles. The Bertz CT molecular complexity index is 460. The first-order valence-electron chi connectivity index (χ1n) is 4.51. The van der Waals surface area contributed by atoms with Crippen LogP contribution in [0.4, 0.5) is 0 Å². The van der Waals surface area contributed by atoms with Gasteiger partial charge in [-0.2, -0.15) is 0 Å². The highest BCUT2D eigenvalue weighted by molar-refractivity contribution is 7.17. The normalized spacial score (nSPS) is 11.1. The summed E-state index contributed by atoms with van der Waals surface area (Å²) in [4.78, 5) is 0. The van der Waals surface area contributed by atoms with E-state index >= 15 is 0 Å². The Balaban J connectivity index is 2.79. The van der Waals surface area contributed by atoms with E-state index in [1.54, 1.807) is 11.3 Å². The first-order valence-corrected chi connectivity index (χ1v) is 6.30. The summed E-state index contributed by atoms with van der Waals surface area (Å²) in [5.74, 6) is 0.536. The fourth-order valence-corrected chi connectivity index (χ4v) is 3.24. The molecule has 1 heterocycles. The topological polar surface area (TPSA) is 0 Å². The van der Waals surface area contributed by atoms with Crippen molar-refractivity contribution in [2.45, 2.75) is 19.2 Å². The predicted molar refractivity (Wildman–Crippen MR) is 65.8 cm³/mol. The Morgan fingerprint density at radius 2 is 2.21 bits per heavy atom. The number of benzene rings is 1. The Morgan fingerprint density at radius 1 is 1.43 bits per heavy atom. The number of rotatable bonds is 2. The average Bonchev–Trinajstić information content (AvgIpc) is 2.65. The summed E-state index contributed by atoms with van der Waals surface area (Å²) in [5, 5.41) is 4.15. The molecule has 0 unspecified atom stereocenters. The molecule has 74 valence electrons. The van der Waals surface area contributed by atoms with Crippen molar-refractivity contribution in [1.82, 2.24) is 0 Å². The zero-order chi connectivity index (χ0) is 10.1. The third-order valence-corrected chi connectivity index (χ3v) is 4.14. The maximum Gasteiger partial charge on any atom is 0.0619 e. The Kier molecular flexibility index (Phi) is 3.01. The smallest absolute Gasteiger partial charge is 0.0619 e. The molecule has 2 aromatic rings. The van der Waals surface area contributed by atoms with Gasteiger partial charge in [0.1, 0.15) is 0 Å². The highest BCUT2D eigenvalue weighted by atomic mass is 35.5. The van der Waals surface area contributed by atoms with Gasteiger partial charge in [0.2, 0.25) is 0 Å². The molecule has 0 nitrogen and oxygen atoms in total. The van der Waals surface area contributed by atoms with Crippen LogP contribution in [-0.2, 0) is 12.3 Å². The Morgan fingerprint density at radius 3 is 2.86 bits per heavy atom. The molecule has 0 amide bonds. The molecule has 0 atom stereocenters. The summed E-state index contributed by atoms with van der Waals surface area (Å²) in [6.45, 7) is 2.11. The highest BCUT2D eigenvalue weighted by Gasteiger charge is 2.10. The molecule has 0 aliphatic heterocycles. The van der Waals surface area contributed by atoms with Crippen LogP contribution in [0.15, 0.2) is 17.5 Å². The van der Waals surface area contributed by atoms with E-state index in [1.807, 2.05) is 0 Å². The van der Waals surface area contributed by atoms with Gasteiger partial charge in [-0.25, -0.2) is 0 Å². The number of thiophene rings is 1. The van der Waals surface area contributed by atoms with Crippen molar-refractivity contribution in [2.75, 3.05) is 0 Å². The summed E-state index contributed by atoms with van der Waals surface area (Å²) in [5.41, 5.74) is 2.35. The lowest BCUT2D eigenvalue weighted by Gasteiger charge is -2.08. The van der Waals surface area contributed by atoms with Gasteiger partial charge in [0.25, 0.3) is 0 Å². The SMILES string of the molecule is CCc1c(CCl)cc2ccsc2c1Cl. The van der Waals surface area contributed by atoms with Crippen molar-refractivity contribution in [3.05, 3.63) is 33.7 Å². The fourth-order valence-electron chi connectivity index (χ4n) is 1.67. The van der Waals surface area contributed by atoms with Crippen molar-refractivity contribution in [3.63, 3.8) is 0 Å². The van der Waals surface area contributed by atoms with Crippen molar-refractivity contribution >= 4 is 44.6 Å². The van der Waals surface area contributed by atoms with Crippen LogP contribution in [0.1, 0.15) is 18.1 Å². The third kappa shape index (κ3) is 1.54. The molecule has 0 radical (unpaired) electrons. The first-order chi connectivity index (χ1) is 6.77. The second-order valence-corrected chi connectivity index (χ2v) is 4.72. The van der Waals surface area contributed by atoms with Gasteiger partial charge in [0, 0.05) is 5.88 Å². The lowest BCUT2D eigenvalue weighted by molar-refractivity contribution is 1.11. The van der Waals surface area contributed by atoms with E-state index in [0.29, 0.717) is 5.88 Å². The van der Waals surface area contributed by atoms with Gasteiger partial charge in [-0.1, -0.05) is 18.5 Å². The number of hydrogen-bond acceptors (Lipinski definition) is 1. The number of hydrogen-bond donors (Lipinski definition) is 0. The molecule has 0 saturated heterocycles. The van der Waals surface area contributed by atoms with Gasteiger partial charge >= 0.3 is 0 Å². The lowest BCUT2D eigenvalue weighted by Crippen LogP contribution is -1.90. The molecular weight excluding hydrogens is 235 g/mol. The van der Waals surface area contributed by atoms with E-state index in [4.69, 9.17) is 23.2 Å². The monoisotopic (exact) mass is 244 g/mol. The van der Waals surface area contributed by atoms with Gasteiger partial charge in [0.05, 0.1) is 9.72 Å². The van der Waals surface area contributed by atoms with E-state index in [2.05, 4.69) is 24.4 Å². The van der Waals surface area contributed by atoms with E-state index in [1.165, 1.54) is 15.6 Å². The fraction of sp³-hybridized carbons (Fsp3) is 0.273. The van der Waals surface area contributed by atoms with Crippen LogP contribution >= 0.6 is 34.5 Å². The third-order valence-electron chi connectivity index (χ3n) is 2.37. The zero-order valence-corrected chi connectivity index (χ0v) is 10.1. The van der Waals surface area contributed by atoms with Crippen LogP contribution in [0.25, 0.3) is 10.1 Å². The van der Waals surface area contributed by atoms with Gasteiger partial charge in [-0.05, 0) is 40.4 Å². The number of alkyl halides is 1. The van der Waals surface area contributed by atoms with Crippen molar-refractivity contribution in [3.8, 4) is 0 Å². The van der Waals surface area contributed by atoms with Crippen LogP contribution in [-0.4, -0.2) is 0 Å². The molecular formula is C11H10Cl2S. The molecule has 2 rings (SSSR count). The summed E-state index contributed by atoms with van der Waals surface area (Å²) >= 11 is 13.9.